The molecule has 0 aromatic heterocycles. The van der Waals surface area contributed by atoms with Gasteiger partial charge < -0.3 is 15.5 Å². The molecule has 0 aliphatic carbocycles. The Morgan fingerprint density at radius 3 is 2.38 bits per heavy atom. The van der Waals surface area contributed by atoms with E-state index in [1.165, 1.54) is 6.07 Å². The van der Waals surface area contributed by atoms with Crippen LogP contribution in [0.1, 0.15) is 26.3 Å². The number of benzene rings is 1. The van der Waals surface area contributed by atoms with E-state index < -0.39 is 0 Å². The molecule has 3 nitrogen and oxygen atoms in total. The van der Waals surface area contributed by atoms with E-state index in [-0.39, 0.29) is 11.5 Å². The van der Waals surface area contributed by atoms with Crippen LogP contribution in [0.4, 0.5) is 0 Å². The molecule has 3 N–H and O–H groups in total. The normalized spacial score (nSPS) is 13.0. The Morgan fingerprint density at radius 1 is 1.12 bits per heavy atom. The number of nitrogens with one attached hydrogen (secondary N) is 1. The van der Waals surface area contributed by atoms with Crippen LogP contribution < -0.4 is 5.32 Å². The molecule has 3 heteroatoms. The number of hydrogen-bond donors (Lipinski definition) is 3. The van der Waals surface area contributed by atoms with Crippen molar-refractivity contribution in [1.29, 1.82) is 0 Å². The highest BCUT2D eigenvalue weighted by molar-refractivity contribution is 5.40. The quantitative estimate of drug-likeness (QED) is 0.672. The van der Waals surface area contributed by atoms with E-state index in [2.05, 4.69) is 26.1 Å². The van der Waals surface area contributed by atoms with Crippen LogP contribution in [-0.4, -0.2) is 16.8 Å². The summed E-state index contributed by atoms with van der Waals surface area (Å²) >= 11 is 0. The number of phenols is 2. The van der Waals surface area contributed by atoms with Crippen molar-refractivity contribution in [2.24, 2.45) is 11.8 Å². The first kappa shape index (κ1) is 12.8. The van der Waals surface area contributed by atoms with Gasteiger partial charge in [0, 0.05) is 6.54 Å². The second-order valence-electron chi connectivity index (χ2n) is 4.68. The average molecular weight is 223 g/mol. The SMILES string of the molecule is CC(C)C(C)CNCc1ccc(O)c(O)c1. The van der Waals surface area contributed by atoms with Crippen molar-refractivity contribution in [2.75, 3.05) is 6.54 Å². The first-order valence-electron chi connectivity index (χ1n) is 5.72. The molecule has 16 heavy (non-hydrogen) atoms. The monoisotopic (exact) mass is 223 g/mol. The first-order valence-corrected chi connectivity index (χ1v) is 5.72. The lowest BCUT2D eigenvalue weighted by Crippen LogP contribution is -2.23. The fourth-order valence-corrected chi connectivity index (χ4v) is 1.36. The van der Waals surface area contributed by atoms with Crippen LogP contribution in [0.5, 0.6) is 11.5 Å². The van der Waals surface area contributed by atoms with Gasteiger partial charge in [0.15, 0.2) is 11.5 Å². The smallest absolute Gasteiger partial charge is 0.157 e. The fourth-order valence-electron chi connectivity index (χ4n) is 1.36. The molecule has 0 fully saturated rings. The lowest BCUT2D eigenvalue weighted by molar-refractivity contribution is 0.390. The average Bonchev–Trinajstić information content (AvgIpc) is 2.23. The van der Waals surface area contributed by atoms with Crippen molar-refractivity contribution >= 4 is 0 Å². The molecule has 0 saturated carbocycles. The van der Waals surface area contributed by atoms with E-state index >= 15 is 0 Å². The Balaban J connectivity index is 2.40. The van der Waals surface area contributed by atoms with Gasteiger partial charge in [0.05, 0.1) is 0 Å². The Bertz CT molecular complexity index is 337. The summed E-state index contributed by atoms with van der Waals surface area (Å²) < 4.78 is 0. The van der Waals surface area contributed by atoms with Crippen molar-refractivity contribution < 1.29 is 10.2 Å². The highest BCUT2D eigenvalue weighted by Gasteiger charge is 2.06. The van der Waals surface area contributed by atoms with Gasteiger partial charge in [-0.3, -0.25) is 0 Å². The van der Waals surface area contributed by atoms with Crippen LogP contribution in [0.25, 0.3) is 0 Å². The first-order chi connectivity index (χ1) is 7.50. The van der Waals surface area contributed by atoms with Crippen molar-refractivity contribution in [3.63, 3.8) is 0 Å². The maximum atomic E-state index is 9.32. The van der Waals surface area contributed by atoms with Gasteiger partial charge in [0.25, 0.3) is 0 Å². The minimum Gasteiger partial charge on any atom is -0.504 e. The van der Waals surface area contributed by atoms with Gasteiger partial charge in [0.2, 0.25) is 0 Å². The van der Waals surface area contributed by atoms with Crippen molar-refractivity contribution in [2.45, 2.75) is 27.3 Å². The van der Waals surface area contributed by atoms with Crippen LogP contribution in [-0.2, 0) is 6.54 Å². The van der Waals surface area contributed by atoms with E-state index in [1.807, 2.05) is 6.07 Å². The fraction of sp³-hybridized carbons (Fsp3) is 0.538. The minimum absolute atomic E-state index is 0.0591. The highest BCUT2D eigenvalue weighted by Crippen LogP contribution is 2.24. The molecule has 0 aliphatic rings. The molecule has 0 bridgehead atoms. The van der Waals surface area contributed by atoms with E-state index in [1.54, 1.807) is 6.07 Å². The molecule has 0 heterocycles. The molecular formula is C13H21NO2. The summed E-state index contributed by atoms with van der Waals surface area (Å²) in [5.41, 5.74) is 0.978. The van der Waals surface area contributed by atoms with E-state index in [4.69, 9.17) is 5.11 Å². The second-order valence-corrected chi connectivity index (χ2v) is 4.68. The third-order valence-corrected chi connectivity index (χ3v) is 2.97. The zero-order valence-electron chi connectivity index (χ0n) is 10.2. The highest BCUT2D eigenvalue weighted by atomic mass is 16.3. The Labute approximate surface area is 97.1 Å². The van der Waals surface area contributed by atoms with Crippen molar-refractivity contribution in [3.05, 3.63) is 23.8 Å². The van der Waals surface area contributed by atoms with E-state index in [0.29, 0.717) is 18.4 Å². The Morgan fingerprint density at radius 2 is 1.81 bits per heavy atom. The van der Waals surface area contributed by atoms with Crippen LogP contribution in [0.2, 0.25) is 0 Å². The summed E-state index contributed by atoms with van der Waals surface area (Å²) in [4.78, 5) is 0. The van der Waals surface area contributed by atoms with Crippen molar-refractivity contribution in [1.82, 2.24) is 5.32 Å². The molecule has 0 radical (unpaired) electrons. The van der Waals surface area contributed by atoms with Gasteiger partial charge in [-0.25, -0.2) is 0 Å². The van der Waals surface area contributed by atoms with Crippen LogP contribution in [0.3, 0.4) is 0 Å². The minimum atomic E-state index is -0.0701. The molecule has 1 unspecified atom stereocenters. The Hall–Kier alpha value is -1.22. The summed E-state index contributed by atoms with van der Waals surface area (Å²) in [6, 6.07) is 4.91. The van der Waals surface area contributed by atoms with Gasteiger partial charge in [-0.1, -0.05) is 26.8 Å². The number of rotatable bonds is 5. The molecule has 1 aromatic carbocycles. The standard InChI is InChI=1S/C13H21NO2/c1-9(2)10(3)7-14-8-11-4-5-12(15)13(16)6-11/h4-6,9-10,14-16H,7-8H2,1-3H3. The zero-order valence-corrected chi connectivity index (χ0v) is 10.2. The number of aromatic hydroxyl groups is 2. The van der Waals surface area contributed by atoms with Gasteiger partial charge in [-0.2, -0.15) is 0 Å². The molecule has 0 amide bonds. The number of hydrogen-bond acceptors (Lipinski definition) is 3. The summed E-state index contributed by atoms with van der Waals surface area (Å²) in [5.74, 6) is 1.17. The largest absolute Gasteiger partial charge is 0.504 e. The zero-order chi connectivity index (χ0) is 12.1. The lowest BCUT2D eigenvalue weighted by Gasteiger charge is -2.16. The maximum Gasteiger partial charge on any atom is 0.157 e. The van der Waals surface area contributed by atoms with Crippen molar-refractivity contribution in [3.8, 4) is 11.5 Å². The molecule has 0 aliphatic heterocycles. The predicted octanol–water partition coefficient (Wildman–Crippen LogP) is 2.48. The molecule has 0 saturated heterocycles. The second kappa shape index (κ2) is 5.75. The van der Waals surface area contributed by atoms with Gasteiger partial charge in [0.1, 0.15) is 0 Å². The maximum absolute atomic E-state index is 9.32. The van der Waals surface area contributed by atoms with Crippen LogP contribution in [0, 0.1) is 11.8 Å². The Kier molecular flexibility index (Phi) is 4.62. The van der Waals surface area contributed by atoms with Gasteiger partial charge in [-0.05, 0) is 36.1 Å². The molecule has 1 rings (SSSR count). The lowest BCUT2D eigenvalue weighted by atomic mass is 9.98. The summed E-state index contributed by atoms with van der Waals surface area (Å²) in [7, 11) is 0. The molecular weight excluding hydrogens is 202 g/mol. The predicted molar refractivity (Wildman–Crippen MR) is 65.5 cm³/mol. The third kappa shape index (κ3) is 3.74. The molecule has 90 valence electrons. The topological polar surface area (TPSA) is 52.5 Å². The summed E-state index contributed by atoms with van der Waals surface area (Å²) in [5, 5.41) is 21.8. The molecule has 1 atom stereocenters. The van der Waals surface area contributed by atoms with Crippen LogP contribution >= 0.6 is 0 Å². The van der Waals surface area contributed by atoms with Gasteiger partial charge >= 0.3 is 0 Å². The van der Waals surface area contributed by atoms with Crippen LogP contribution in [0.15, 0.2) is 18.2 Å². The third-order valence-electron chi connectivity index (χ3n) is 2.97. The van der Waals surface area contributed by atoms with E-state index in [9.17, 15) is 5.11 Å². The molecule has 1 aromatic rings. The number of phenolic OH excluding ortho intramolecular Hbond substituents is 2. The van der Waals surface area contributed by atoms with Gasteiger partial charge in [-0.15, -0.1) is 0 Å². The summed E-state index contributed by atoms with van der Waals surface area (Å²) in [6.45, 7) is 8.30. The molecule has 0 spiro atoms. The summed E-state index contributed by atoms with van der Waals surface area (Å²) in [6.07, 6.45) is 0. The van der Waals surface area contributed by atoms with E-state index in [0.717, 1.165) is 12.1 Å².